The second-order valence-corrected chi connectivity index (χ2v) is 5.41. The minimum atomic E-state index is -0.787. The van der Waals surface area contributed by atoms with Crippen LogP contribution in [0.25, 0.3) is 21.8 Å². The zero-order valence-corrected chi connectivity index (χ0v) is 12.9. The van der Waals surface area contributed by atoms with Crippen molar-refractivity contribution in [2.45, 2.75) is 13.0 Å². The number of pyridine rings is 1. The van der Waals surface area contributed by atoms with Crippen LogP contribution in [0.3, 0.4) is 0 Å². The van der Waals surface area contributed by atoms with E-state index in [-0.39, 0.29) is 18.9 Å². The van der Waals surface area contributed by atoms with Gasteiger partial charge in [0.15, 0.2) is 11.8 Å². The number of aliphatic hydroxyl groups excluding tert-OH is 1. The van der Waals surface area contributed by atoms with E-state index in [1.807, 2.05) is 18.2 Å². The summed E-state index contributed by atoms with van der Waals surface area (Å²) >= 11 is 0. The molecule has 1 aromatic carbocycles. The van der Waals surface area contributed by atoms with Gasteiger partial charge in [-0.1, -0.05) is 18.2 Å². The number of carbonyl (C=O) groups is 2. The van der Waals surface area contributed by atoms with Gasteiger partial charge in [0.2, 0.25) is 0 Å². The lowest BCUT2D eigenvalue weighted by molar-refractivity contribution is 0.0235. The van der Waals surface area contributed by atoms with Crippen molar-refractivity contribution >= 4 is 33.9 Å². The average Bonchev–Trinajstić information content (AvgIpc) is 3.10. The molecule has 1 aliphatic rings. The fraction of sp³-hybridized carbons (Fsp3) is 0.235. The fourth-order valence-corrected chi connectivity index (χ4v) is 3.21. The Hall–Kier alpha value is -2.93. The Bertz CT molecular complexity index is 991. The van der Waals surface area contributed by atoms with Gasteiger partial charge in [0.25, 0.3) is 0 Å². The van der Waals surface area contributed by atoms with Crippen molar-refractivity contribution < 1.29 is 24.2 Å². The smallest absolute Gasteiger partial charge is 0.419 e. The van der Waals surface area contributed by atoms with E-state index in [0.717, 1.165) is 5.39 Å². The van der Waals surface area contributed by atoms with Crippen LogP contribution in [0.4, 0.5) is 4.79 Å². The molecule has 7 heteroatoms. The van der Waals surface area contributed by atoms with E-state index in [2.05, 4.69) is 4.98 Å². The Labute approximate surface area is 136 Å². The van der Waals surface area contributed by atoms with Gasteiger partial charge in [-0.3, -0.25) is 0 Å². The lowest BCUT2D eigenvalue weighted by Crippen LogP contribution is -2.13. The number of fused-ring (bicyclic) bond motifs is 5. The van der Waals surface area contributed by atoms with Crippen molar-refractivity contribution in [2.75, 3.05) is 13.2 Å². The highest BCUT2D eigenvalue weighted by Crippen LogP contribution is 2.39. The van der Waals surface area contributed by atoms with Crippen LogP contribution >= 0.6 is 0 Å². The van der Waals surface area contributed by atoms with Crippen molar-refractivity contribution in [3.8, 4) is 0 Å². The third kappa shape index (κ3) is 1.85. The van der Waals surface area contributed by atoms with Gasteiger partial charge in [0.05, 0.1) is 30.4 Å². The molecule has 0 bridgehead atoms. The molecule has 1 atom stereocenters. The molecule has 0 amide bonds. The van der Waals surface area contributed by atoms with Crippen molar-refractivity contribution in [2.24, 2.45) is 0 Å². The molecule has 122 valence electrons. The van der Waals surface area contributed by atoms with Crippen molar-refractivity contribution in [3.05, 3.63) is 41.7 Å². The number of ether oxygens (including phenoxy) is 2. The van der Waals surface area contributed by atoms with Crippen molar-refractivity contribution in [1.82, 2.24) is 9.55 Å². The average molecular weight is 326 g/mol. The van der Waals surface area contributed by atoms with Gasteiger partial charge < -0.3 is 14.6 Å². The van der Waals surface area contributed by atoms with Crippen LogP contribution in [0, 0.1) is 0 Å². The van der Waals surface area contributed by atoms with Crippen LogP contribution in [0.5, 0.6) is 0 Å². The number of carbonyl (C=O) groups excluding carboxylic acids is 2. The van der Waals surface area contributed by atoms with E-state index in [9.17, 15) is 14.7 Å². The minimum absolute atomic E-state index is 0.174. The molecule has 0 radical (unpaired) electrons. The number of aliphatic hydroxyl groups is 1. The summed E-state index contributed by atoms with van der Waals surface area (Å²) in [5.41, 5.74) is 1.86. The predicted octanol–water partition coefficient (Wildman–Crippen LogP) is 2.40. The molecule has 2 aromatic heterocycles. The first-order valence-corrected chi connectivity index (χ1v) is 7.58. The van der Waals surface area contributed by atoms with E-state index in [1.54, 1.807) is 13.0 Å². The summed E-state index contributed by atoms with van der Waals surface area (Å²) in [5, 5.41) is 11.0. The highest BCUT2D eigenvalue weighted by Gasteiger charge is 2.36. The molecule has 0 saturated heterocycles. The summed E-state index contributed by atoms with van der Waals surface area (Å²) in [4.78, 5) is 28.5. The topological polar surface area (TPSA) is 90.7 Å². The number of hydrogen-bond acceptors (Lipinski definition) is 6. The monoisotopic (exact) mass is 326 g/mol. The van der Waals surface area contributed by atoms with E-state index < -0.39 is 18.2 Å². The van der Waals surface area contributed by atoms with Crippen LogP contribution < -0.4 is 0 Å². The fourth-order valence-electron chi connectivity index (χ4n) is 3.21. The van der Waals surface area contributed by atoms with Crippen LogP contribution in [0.2, 0.25) is 0 Å². The molecule has 3 aromatic rings. The number of rotatable bonds is 2. The van der Waals surface area contributed by atoms with Crippen LogP contribution in [0.1, 0.15) is 29.1 Å². The maximum absolute atomic E-state index is 12.4. The quantitative estimate of drug-likeness (QED) is 0.727. The number of cyclic esters (lactones) is 1. The van der Waals surface area contributed by atoms with Gasteiger partial charge >= 0.3 is 12.1 Å². The summed E-state index contributed by atoms with van der Waals surface area (Å²) in [6.07, 6.45) is 0.160. The van der Waals surface area contributed by atoms with Crippen LogP contribution in [-0.4, -0.2) is 39.9 Å². The summed E-state index contributed by atoms with van der Waals surface area (Å²) in [7, 11) is 0. The van der Waals surface area contributed by atoms with E-state index in [1.165, 1.54) is 10.8 Å². The van der Waals surface area contributed by atoms with Crippen molar-refractivity contribution in [1.29, 1.82) is 0 Å². The first kappa shape index (κ1) is 14.6. The molecule has 3 heterocycles. The Kier molecular flexibility index (Phi) is 3.24. The van der Waals surface area contributed by atoms with Crippen LogP contribution in [-0.2, 0) is 9.47 Å². The van der Waals surface area contributed by atoms with Crippen molar-refractivity contribution in [3.63, 3.8) is 0 Å². The van der Waals surface area contributed by atoms with E-state index >= 15 is 0 Å². The standard InChI is InChI=1S/C17H14N2O5/c1-2-23-17(22)19-10-6-4-3-5-9(10)13-11(19)7-18-15-14(13)12(8-20)24-16(15)21/h3-7,12,20H,2,8H2,1H3/t12-/m1/s1. The maximum Gasteiger partial charge on any atom is 0.419 e. The first-order chi connectivity index (χ1) is 11.7. The summed E-state index contributed by atoms with van der Waals surface area (Å²) in [6.45, 7) is 1.63. The Morgan fingerprint density at radius 2 is 2.17 bits per heavy atom. The zero-order valence-electron chi connectivity index (χ0n) is 12.9. The van der Waals surface area contributed by atoms with Gasteiger partial charge in [0.1, 0.15) is 0 Å². The second-order valence-electron chi connectivity index (χ2n) is 5.41. The van der Waals surface area contributed by atoms with E-state index in [0.29, 0.717) is 22.0 Å². The summed E-state index contributed by atoms with van der Waals surface area (Å²) in [6, 6.07) is 7.31. The lowest BCUT2D eigenvalue weighted by Gasteiger charge is -2.08. The molecule has 0 saturated carbocycles. The van der Waals surface area contributed by atoms with Gasteiger partial charge in [-0.15, -0.1) is 0 Å². The maximum atomic E-state index is 12.4. The number of para-hydroxylation sites is 1. The number of aromatic nitrogens is 2. The molecule has 7 nitrogen and oxygen atoms in total. The highest BCUT2D eigenvalue weighted by atomic mass is 16.6. The molecule has 0 spiro atoms. The van der Waals surface area contributed by atoms with Gasteiger partial charge in [-0.05, 0) is 13.0 Å². The number of esters is 1. The Morgan fingerprint density at radius 1 is 1.38 bits per heavy atom. The molecule has 0 unspecified atom stereocenters. The molecule has 4 rings (SSSR count). The summed E-state index contributed by atoms with van der Waals surface area (Å²) in [5.74, 6) is -0.570. The highest BCUT2D eigenvalue weighted by molar-refractivity contribution is 6.16. The Morgan fingerprint density at radius 3 is 2.92 bits per heavy atom. The number of nitrogens with zero attached hydrogens (tertiary/aromatic N) is 2. The van der Waals surface area contributed by atoms with Gasteiger partial charge in [0, 0.05) is 16.3 Å². The molecule has 1 N–H and O–H groups in total. The molecule has 1 aliphatic heterocycles. The zero-order chi connectivity index (χ0) is 16.8. The van der Waals surface area contributed by atoms with Gasteiger partial charge in [-0.25, -0.2) is 19.1 Å². The normalized spacial score (nSPS) is 16.4. The lowest BCUT2D eigenvalue weighted by atomic mass is 10.0. The largest absolute Gasteiger partial charge is 0.450 e. The third-order valence-electron chi connectivity index (χ3n) is 4.13. The first-order valence-electron chi connectivity index (χ1n) is 7.58. The molecule has 24 heavy (non-hydrogen) atoms. The van der Waals surface area contributed by atoms with Crippen LogP contribution in [0.15, 0.2) is 30.5 Å². The number of benzene rings is 1. The predicted molar refractivity (Wildman–Crippen MR) is 84.9 cm³/mol. The summed E-state index contributed by atoms with van der Waals surface area (Å²) < 4.78 is 11.8. The molecule has 0 fully saturated rings. The molecular formula is C17H14N2O5. The number of hydrogen-bond donors (Lipinski definition) is 1. The minimum Gasteiger partial charge on any atom is -0.450 e. The molecule has 0 aliphatic carbocycles. The Balaban J connectivity index is 2.15. The van der Waals surface area contributed by atoms with E-state index in [4.69, 9.17) is 9.47 Å². The third-order valence-corrected chi connectivity index (χ3v) is 4.13. The second kappa shape index (κ2) is 5.31. The SMILES string of the molecule is CCOC(=O)n1c2ccccc2c2c3c(ncc21)C(=O)O[C@@H]3CO. The molecular weight excluding hydrogens is 312 g/mol. The van der Waals surface area contributed by atoms with Gasteiger partial charge in [-0.2, -0.15) is 0 Å².